The van der Waals surface area contributed by atoms with Crippen LogP contribution in [0.2, 0.25) is 0 Å². The second kappa shape index (κ2) is 7.95. The second-order valence-corrected chi connectivity index (χ2v) is 14.3. The minimum absolute atomic E-state index is 0.0536. The molecule has 188 valence electrons. The summed E-state index contributed by atoms with van der Waals surface area (Å²) in [5.41, 5.74) is 5.01. The highest BCUT2D eigenvalue weighted by Gasteiger charge is 2.64. The van der Waals surface area contributed by atoms with Crippen LogP contribution in [0.3, 0.4) is 0 Å². The first-order valence-electron chi connectivity index (χ1n) is 13.9. The van der Waals surface area contributed by atoms with Crippen molar-refractivity contribution in [3.05, 3.63) is 22.8 Å². The van der Waals surface area contributed by atoms with E-state index in [1.807, 2.05) is 0 Å². The van der Waals surface area contributed by atoms with Gasteiger partial charge in [-0.15, -0.1) is 0 Å². The third-order valence-corrected chi connectivity index (χ3v) is 12.5. The van der Waals surface area contributed by atoms with Crippen LogP contribution in [0.25, 0.3) is 0 Å². The second-order valence-electron chi connectivity index (χ2n) is 14.3. The molecule has 0 aromatic rings. The van der Waals surface area contributed by atoms with Crippen LogP contribution in [0.4, 0.5) is 0 Å². The number of allylic oxidation sites excluding steroid dienone is 3. The van der Waals surface area contributed by atoms with Gasteiger partial charge < -0.3 is 10.2 Å². The predicted molar refractivity (Wildman–Crippen MR) is 139 cm³/mol. The van der Waals surface area contributed by atoms with E-state index in [0.717, 1.165) is 19.3 Å². The Morgan fingerprint density at radius 1 is 0.939 bits per heavy atom. The first-order valence-corrected chi connectivity index (χ1v) is 13.9. The topological polar surface area (TPSA) is 40.5 Å². The van der Waals surface area contributed by atoms with E-state index < -0.39 is 5.60 Å². The summed E-state index contributed by atoms with van der Waals surface area (Å²) in [6, 6.07) is 0. The average molecular weight is 457 g/mol. The molecule has 0 bridgehead atoms. The summed E-state index contributed by atoms with van der Waals surface area (Å²) in [4.78, 5) is 0. The van der Waals surface area contributed by atoms with Crippen molar-refractivity contribution in [3.8, 4) is 0 Å². The highest BCUT2D eigenvalue weighted by atomic mass is 16.3. The summed E-state index contributed by atoms with van der Waals surface area (Å²) in [7, 11) is 0. The van der Waals surface area contributed by atoms with Gasteiger partial charge in [0.25, 0.3) is 0 Å². The van der Waals surface area contributed by atoms with Crippen LogP contribution in [0.15, 0.2) is 22.8 Å². The van der Waals surface area contributed by atoms with E-state index in [9.17, 15) is 10.2 Å². The molecule has 0 heterocycles. The zero-order valence-corrected chi connectivity index (χ0v) is 23.1. The third-order valence-electron chi connectivity index (χ3n) is 12.5. The molecule has 4 aliphatic rings. The molecule has 33 heavy (non-hydrogen) atoms. The van der Waals surface area contributed by atoms with Crippen molar-refractivity contribution in [3.63, 3.8) is 0 Å². The molecule has 2 heteroatoms. The van der Waals surface area contributed by atoms with Gasteiger partial charge in [-0.25, -0.2) is 0 Å². The van der Waals surface area contributed by atoms with E-state index in [-0.39, 0.29) is 27.8 Å². The van der Waals surface area contributed by atoms with E-state index in [0.29, 0.717) is 17.8 Å². The van der Waals surface area contributed by atoms with Crippen LogP contribution in [-0.2, 0) is 0 Å². The summed E-state index contributed by atoms with van der Waals surface area (Å²) in [6.07, 6.45) is 12.2. The Morgan fingerprint density at radius 2 is 1.61 bits per heavy atom. The number of hydrogen-bond donors (Lipinski definition) is 2. The molecule has 4 rings (SSSR count). The Balaban J connectivity index is 1.68. The van der Waals surface area contributed by atoms with Gasteiger partial charge in [0.05, 0.1) is 11.7 Å². The molecular weight excluding hydrogens is 404 g/mol. The maximum absolute atomic E-state index is 11.3. The Bertz CT molecular complexity index is 843. The van der Waals surface area contributed by atoms with Crippen LogP contribution < -0.4 is 0 Å². The zero-order chi connectivity index (χ0) is 24.6. The van der Waals surface area contributed by atoms with Crippen molar-refractivity contribution in [2.45, 2.75) is 132 Å². The molecule has 0 radical (unpaired) electrons. The largest absolute Gasteiger partial charge is 0.393 e. The zero-order valence-electron chi connectivity index (χ0n) is 23.1. The SMILES string of the molecule is CC(C)=CCC(O)C(C)C1CCC2(C)C3=C(CCC12C)C1(C)CCC(C)(O)C(C)(C)C1CC3. The lowest BCUT2D eigenvalue weighted by Gasteiger charge is -2.64. The van der Waals surface area contributed by atoms with Crippen molar-refractivity contribution in [2.24, 2.45) is 39.4 Å². The molecular formula is C31H52O2. The Morgan fingerprint density at radius 3 is 2.24 bits per heavy atom. The maximum atomic E-state index is 11.3. The van der Waals surface area contributed by atoms with E-state index in [4.69, 9.17) is 0 Å². The number of rotatable bonds is 4. The fourth-order valence-corrected chi connectivity index (χ4v) is 9.52. The van der Waals surface area contributed by atoms with Crippen LogP contribution in [0.5, 0.6) is 0 Å². The molecule has 0 aliphatic heterocycles. The molecule has 8 unspecified atom stereocenters. The molecule has 2 saturated carbocycles. The van der Waals surface area contributed by atoms with Crippen molar-refractivity contribution in [1.29, 1.82) is 0 Å². The number of fused-ring (bicyclic) bond motifs is 4. The monoisotopic (exact) mass is 456 g/mol. The summed E-state index contributed by atoms with van der Waals surface area (Å²) >= 11 is 0. The minimum atomic E-state index is -0.572. The number of hydrogen-bond acceptors (Lipinski definition) is 2. The van der Waals surface area contributed by atoms with Crippen molar-refractivity contribution < 1.29 is 10.2 Å². The smallest absolute Gasteiger partial charge is 0.0673 e. The van der Waals surface area contributed by atoms with Gasteiger partial charge >= 0.3 is 0 Å². The van der Waals surface area contributed by atoms with Crippen LogP contribution in [0, 0.1) is 39.4 Å². The van der Waals surface area contributed by atoms with E-state index in [1.165, 1.54) is 44.1 Å². The number of aliphatic hydroxyl groups excluding tert-OH is 1. The summed E-state index contributed by atoms with van der Waals surface area (Å²) in [5.74, 6) is 1.49. The van der Waals surface area contributed by atoms with Gasteiger partial charge in [-0.2, -0.15) is 0 Å². The highest BCUT2D eigenvalue weighted by molar-refractivity contribution is 5.39. The van der Waals surface area contributed by atoms with Crippen LogP contribution in [0.1, 0.15) is 120 Å². The summed E-state index contributed by atoms with van der Waals surface area (Å²) in [6.45, 7) is 21.0. The molecule has 4 aliphatic carbocycles. The van der Waals surface area contributed by atoms with Gasteiger partial charge in [0.15, 0.2) is 0 Å². The van der Waals surface area contributed by atoms with Gasteiger partial charge in [-0.05, 0) is 118 Å². The van der Waals surface area contributed by atoms with Crippen molar-refractivity contribution >= 4 is 0 Å². The molecule has 0 saturated heterocycles. The van der Waals surface area contributed by atoms with E-state index >= 15 is 0 Å². The summed E-state index contributed by atoms with van der Waals surface area (Å²) < 4.78 is 0. The van der Waals surface area contributed by atoms with Crippen LogP contribution >= 0.6 is 0 Å². The fraction of sp³-hybridized carbons (Fsp3) is 0.871. The lowest BCUT2D eigenvalue weighted by atomic mass is 9.41. The third kappa shape index (κ3) is 3.47. The lowest BCUT2D eigenvalue weighted by Crippen LogP contribution is -2.59. The van der Waals surface area contributed by atoms with Crippen molar-refractivity contribution in [2.75, 3.05) is 0 Å². The Labute approximate surface area is 204 Å². The van der Waals surface area contributed by atoms with Gasteiger partial charge in [0.1, 0.15) is 0 Å². The molecule has 0 aromatic heterocycles. The predicted octanol–water partition coefficient (Wildman–Crippen LogP) is 7.84. The molecule has 2 N–H and O–H groups in total. The minimum Gasteiger partial charge on any atom is -0.393 e. The van der Waals surface area contributed by atoms with Gasteiger partial charge in [-0.3, -0.25) is 0 Å². The Hall–Kier alpha value is -0.600. The van der Waals surface area contributed by atoms with Gasteiger partial charge in [-0.1, -0.05) is 64.3 Å². The standard InChI is InChI=1S/C31H52O2/c1-20(2)10-12-25(32)21(3)22-14-16-30(8)24-11-13-26-27(4,5)31(9,33)19-18-28(26,6)23(24)15-17-29(22,30)7/h10,21-22,25-26,32-33H,11-19H2,1-9H3. The van der Waals surface area contributed by atoms with E-state index in [2.05, 4.69) is 68.4 Å². The molecule has 2 nitrogen and oxygen atoms in total. The van der Waals surface area contributed by atoms with Gasteiger partial charge in [0.2, 0.25) is 0 Å². The Kier molecular flexibility index (Phi) is 6.14. The number of aliphatic hydroxyl groups is 2. The average Bonchev–Trinajstić information content (AvgIpc) is 3.00. The molecule has 2 fully saturated rings. The summed E-state index contributed by atoms with van der Waals surface area (Å²) in [5, 5.41) is 22.3. The first kappa shape index (κ1) is 25.5. The molecule has 0 spiro atoms. The molecule has 0 amide bonds. The first-order chi connectivity index (χ1) is 15.1. The van der Waals surface area contributed by atoms with Crippen LogP contribution in [-0.4, -0.2) is 21.9 Å². The highest BCUT2D eigenvalue weighted by Crippen LogP contribution is 2.73. The molecule has 0 aromatic carbocycles. The lowest BCUT2D eigenvalue weighted by molar-refractivity contribution is -0.158. The van der Waals surface area contributed by atoms with Gasteiger partial charge in [0, 0.05) is 0 Å². The van der Waals surface area contributed by atoms with Crippen molar-refractivity contribution in [1.82, 2.24) is 0 Å². The maximum Gasteiger partial charge on any atom is 0.0673 e. The fourth-order valence-electron chi connectivity index (χ4n) is 9.52. The van der Waals surface area contributed by atoms with E-state index in [1.54, 1.807) is 11.1 Å². The molecule has 8 atom stereocenters. The quantitative estimate of drug-likeness (QED) is 0.423. The normalized spacial score (nSPS) is 46.2.